The van der Waals surface area contributed by atoms with Crippen LogP contribution in [0.3, 0.4) is 0 Å². The lowest BCUT2D eigenvalue weighted by atomic mass is 10.1. The number of hydrogen-bond donors (Lipinski definition) is 1. The zero-order chi connectivity index (χ0) is 13.7. The third-order valence-electron chi connectivity index (χ3n) is 3.07. The molecule has 0 aliphatic carbocycles. The molecule has 1 amide bonds. The molecule has 0 aliphatic heterocycles. The van der Waals surface area contributed by atoms with Gasteiger partial charge in [0.25, 0.3) is 0 Å². The van der Waals surface area contributed by atoms with Crippen LogP contribution in [0, 0.1) is 0 Å². The van der Waals surface area contributed by atoms with Crippen molar-refractivity contribution in [2.45, 2.75) is 12.5 Å². The van der Waals surface area contributed by atoms with Crippen LogP contribution < -0.4 is 4.90 Å². The minimum absolute atomic E-state index is 0.0788. The van der Waals surface area contributed by atoms with Gasteiger partial charge in [0.1, 0.15) is 0 Å². The number of benzene rings is 2. The van der Waals surface area contributed by atoms with Crippen LogP contribution in [0.25, 0.3) is 0 Å². The molecule has 3 heteroatoms. The fraction of sp³-hybridized carbons (Fsp3) is 0.188. The van der Waals surface area contributed by atoms with Gasteiger partial charge < -0.3 is 10.0 Å². The molecule has 0 fully saturated rings. The molecule has 1 atom stereocenters. The van der Waals surface area contributed by atoms with Crippen molar-refractivity contribution >= 4 is 11.6 Å². The summed E-state index contributed by atoms with van der Waals surface area (Å²) in [6.45, 7) is 0. The van der Waals surface area contributed by atoms with Crippen molar-refractivity contribution in [2.75, 3.05) is 11.9 Å². The maximum atomic E-state index is 12.1. The molecule has 0 radical (unpaired) electrons. The molecule has 98 valence electrons. The molecule has 0 spiro atoms. The van der Waals surface area contributed by atoms with E-state index in [-0.39, 0.29) is 12.3 Å². The first kappa shape index (κ1) is 13.3. The van der Waals surface area contributed by atoms with Crippen molar-refractivity contribution in [3.05, 3.63) is 66.2 Å². The standard InChI is InChI=1S/C16H17NO2/c1-17(14-10-6-3-7-11-14)16(19)12-15(18)13-8-4-2-5-9-13/h2-11,15,18H,12H2,1H3. The number of hydrogen-bond acceptors (Lipinski definition) is 2. The van der Waals surface area contributed by atoms with Gasteiger partial charge >= 0.3 is 0 Å². The van der Waals surface area contributed by atoms with Gasteiger partial charge in [0.05, 0.1) is 12.5 Å². The zero-order valence-corrected chi connectivity index (χ0v) is 10.9. The Balaban J connectivity index is 2.02. The van der Waals surface area contributed by atoms with E-state index in [0.717, 1.165) is 11.3 Å². The lowest BCUT2D eigenvalue weighted by molar-refractivity contribution is -0.120. The minimum atomic E-state index is -0.764. The molecule has 0 heterocycles. The van der Waals surface area contributed by atoms with E-state index in [9.17, 15) is 9.90 Å². The lowest BCUT2D eigenvalue weighted by Crippen LogP contribution is -2.27. The highest BCUT2D eigenvalue weighted by molar-refractivity contribution is 5.93. The second-order valence-corrected chi connectivity index (χ2v) is 4.42. The molecule has 0 saturated heterocycles. The topological polar surface area (TPSA) is 40.5 Å². The third kappa shape index (κ3) is 3.42. The Kier molecular flexibility index (Phi) is 4.31. The first-order valence-corrected chi connectivity index (χ1v) is 6.23. The van der Waals surface area contributed by atoms with Crippen molar-refractivity contribution in [2.24, 2.45) is 0 Å². The predicted molar refractivity (Wildman–Crippen MR) is 75.9 cm³/mol. The van der Waals surface area contributed by atoms with Gasteiger partial charge in [-0.1, -0.05) is 48.5 Å². The summed E-state index contributed by atoms with van der Waals surface area (Å²) in [4.78, 5) is 13.7. The first-order valence-electron chi connectivity index (χ1n) is 6.23. The molecular weight excluding hydrogens is 238 g/mol. The average molecular weight is 255 g/mol. The summed E-state index contributed by atoms with van der Waals surface area (Å²) in [5, 5.41) is 10.0. The number of aliphatic hydroxyl groups is 1. The number of nitrogens with zero attached hydrogens (tertiary/aromatic N) is 1. The smallest absolute Gasteiger partial charge is 0.229 e. The zero-order valence-electron chi connectivity index (χ0n) is 10.9. The molecule has 2 rings (SSSR count). The second-order valence-electron chi connectivity index (χ2n) is 4.42. The number of para-hydroxylation sites is 1. The fourth-order valence-corrected chi connectivity index (χ4v) is 1.89. The number of amides is 1. The Bertz CT molecular complexity index is 525. The van der Waals surface area contributed by atoms with Gasteiger partial charge in [-0.05, 0) is 17.7 Å². The van der Waals surface area contributed by atoms with E-state index in [2.05, 4.69) is 0 Å². The molecule has 0 aromatic heterocycles. The summed E-state index contributed by atoms with van der Waals surface area (Å²) in [6, 6.07) is 18.6. The van der Waals surface area contributed by atoms with E-state index in [4.69, 9.17) is 0 Å². The van der Waals surface area contributed by atoms with Crippen molar-refractivity contribution in [1.82, 2.24) is 0 Å². The lowest BCUT2D eigenvalue weighted by Gasteiger charge is -2.19. The number of aliphatic hydroxyl groups excluding tert-OH is 1. The van der Waals surface area contributed by atoms with Crippen LogP contribution in [0.1, 0.15) is 18.1 Å². The van der Waals surface area contributed by atoms with Crippen molar-refractivity contribution < 1.29 is 9.90 Å². The summed E-state index contributed by atoms with van der Waals surface area (Å²) >= 11 is 0. The van der Waals surface area contributed by atoms with Gasteiger partial charge in [-0.25, -0.2) is 0 Å². The van der Waals surface area contributed by atoms with Gasteiger partial charge in [-0.3, -0.25) is 4.79 Å². The van der Waals surface area contributed by atoms with Crippen LogP contribution in [0.4, 0.5) is 5.69 Å². The summed E-state index contributed by atoms with van der Waals surface area (Å²) in [6.07, 6.45) is -0.685. The van der Waals surface area contributed by atoms with Gasteiger partial charge in [0.15, 0.2) is 0 Å². The summed E-state index contributed by atoms with van der Waals surface area (Å²) in [7, 11) is 1.72. The molecule has 1 unspecified atom stereocenters. The van der Waals surface area contributed by atoms with E-state index in [1.807, 2.05) is 60.7 Å². The number of carbonyl (C=O) groups excluding carboxylic acids is 1. The van der Waals surface area contributed by atoms with Crippen LogP contribution >= 0.6 is 0 Å². The minimum Gasteiger partial charge on any atom is -0.388 e. The number of rotatable bonds is 4. The maximum Gasteiger partial charge on any atom is 0.229 e. The van der Waals surface area contributed by atoms with Gasteiger partial charge in [-0.15, -0.1) is 0 Å². The number of anilines is 1. The molecular formula is C16H17NO2. The number of carbonyl (C=O) groups is 1. The predicted octanol–water partition coefficient (Wildman–Crippen LogP) is 2.77. The normalized spacial score (nSPS) is 11.9. The Labute approximate surface area is 113 Å². The van der Waals surface area contributed by atoms with E-state index in [1.54, 1.807) is 11.9 Å². The maximum absolute atomic E-state index is 12.1. The molecule has 2 aromatic carbocycles. The second kappa shape index (κ2) is 6.16. The van der Waals surface area contributed by atoms with Gasteiger partial charge in [-0.2, -0.15) is 0 Å². The highest BCUT2D eigenvalue weighted by atomic mass is 16.3. The van der Waals surface area contributed by atoms with Crippen molar-refractivity contribution in [3.63, 3.8) is 0 Å². The fourth-order valence-electron chi connectivity index (χ4n) is 1.89. The highest BCUT2D eigenvalue weighted by Gasteiger charge is 2.16. The van der Waals surface area contributed by atoms with Gasteiger partial charge in [0, 0.05) is 12.7 Å². The largest absolute Gasteiger partial charge is 0.388 e. The summed E-state index contributed by atoms with van der Waals surface area (Å²) in [5.41, 5.74) is 1.59. The Morgan fingerprint density at radius 3 is 2.16 bits per heavy atom. The first-order chi connectivity index (χ1) is 9.18. The van der Waals surface area contributed by atoms with Crippen LogP contribution in [-0.4, -0.2) is 18.1 Å². The van der Waals surface area contributed by atoms with Crippen LogP contribution in [-0.2, 0) is 4.79 Å². The molecule has 0 saturated carbocycles. The molecule has 0 aliphatic rings. The van der Waals surface area contributed by atoms with Crippen LogP contribution in [0.2, 0.25) is 0 Å². The van der Waals surface area contributed by atoms with Crippen molar-refractivity contribution in [3.8, 4) is 0 Å². The van der Waals surface area contributed by atoms with Crippen molar-refractivity contribution in [1.29, 1.82) is 0 Å². The Morgan fingerprint density at radius 1 is 1.05 bits per heavy atom. The summed E-state index contributed by atoms with van der Waals surface area (Å²) < 4.78 is 0. The van der Waals surface area contributed by atoms with Gasteiger partial charge in [0.2, 0.25) is 5.91 Å². The molecule has 0 bridgehead atoms. The van der Waals surface area contributed by atoms with Crippen LogP contribution in [0.5, 0.6) is 0 Å². The van der Waals surface area contributed by atoms with E-state index in [0.29, 0.717) is 0 Å². The Morgan fingerprint density at radius 2 is 1.58 bits per heavy atom. The monoisotopic (exact) mass is 255 g/mol. The quantitative estimate of drug-likeness (QED) is 0.912. The van der Waals surface area contributed by atoms with E-state index < -0.39 is 6.10 Å². The van der Waals surface area contributed by atoms with E-state index >= 15 is 0 Å². The summed E-state index contributed by atoms with van der Waals surface area (Å²) in [5.74, 6) is -0.109. The molecule has 2 aromatic rings. The molecule has 3 nitrogen and oxygen atoms in total. The van der Waals surface area contributed by atoms with E-state index in [1.165, 1.54) is 0 Å². The average Bonchev–Trinajstić information content (AvgIpc) is 2.48. The SMILES string of the molecule is CN(C(=O)CC(O)c1ccccc1)c1ccccc1. The molecule has 19 heavy (non-hydrogen) atoms. The Hall–Kier alpha value is -2.13. The van der Waals surface area contributed by atoms with Crippen LogP contribution in [0.15, 0.2) is 60.7 Å². The highest BCUT2D eigenvalue weighted by Crippen LogP contribution is 2.19. The molecule has 1 N–H and O–H groups in total. The third-order valence-corrected chi connectivity index (χ3v) is 3.07.